The Morgan fingerprint density at radius 2 is 2.05 bits per heavy atom. The van der Waals surface area contributed by atoms with Crippen molar-refractivity contribution in [1.29, 1.82) is 0 Å². The second kappa shape index (κ2) is 5.06. The molecule has 2 fully saturated rings. The molecule has 1 spiro atoms. The van der Waals surface area contributed by atoms with Gasteiger partial charge in [-0.25, -0.2) is 9.69 Å². The zero-order valence-electron chi connectivity index (χ0n) is 12.3. The first-order chi connectivity index (χ1) is 10.1. The number of amides is 3. The molecule has 5 heteroatoms. The van der Waals surface area contributed by atoms with Gasteiger partial charge in [0.15, 0.2) is 0 Å². The minimum absolute atomic E-state index is 0.132. The molecular weight excluding hydrogens is 266 g/mol. The summed E-state index contributed by atoms with van der Waals surface area (Å²) in [5.74, 6) is 0.536. The average Bonchev–Trinajstić information content (AvgIpc) is 2.71. The number of carbonyl (C=O) groups is 2. The normalized spacial score (nSPS) is 29.0. The Bertz CT molecular complexity index is 577. The first-order valence-electron chi connectivity index (χ1n) is 7.58. The van der Waals surface area contributed by atoms with E-state index in [0.29, 0.717) is 17.3 Å². The first-order valence-corrected chi connectivity index (χ1v) is 7.58. The Balaban J connectivity index is 1.86. The summed E-state index contributed by atoms with van der Waals surface area (Å²) in [5.41, 5.74) is 6.15. The van der Waals surface area contributed by atoms with Crippen molar-refractivity contribution >= 4 is 23.3 Å². The molecule has 3 N–H and O–H groups in total. The van der Waals surface area contributed by atoms with E-state index in [-0.39, 0.29) is 11.9 Å². The fraction of sp³-hybridized carbons (Fsp3) is 0.500. The van der Waals surface area contributed by atoms with Crippen molar-refractivity contribution < 1.29 is 9.59 Å². The minimum atomic E-state index is -0.701. The van der Waals surface area contributed by atoms with E-state index < -0.39 is 5.54 Å². The number of nitrogen functional groups attached to an aromatic ring is 1. The van der Waals surface area contributed by atoms with Crippen LogP contribution in [0.1, 0.15) is 39.0 Å². The number of nitrogens with zero attached hydrogens (tertiary/aromatic N) is 1. The summed E-state index contributed by atoms with van der Waals surface area (Å²) in [7, 11) is 0. The predicted octanol–water partition coefficient (Wildman–Crippen LogP) is 2.66. The zero-order valence-corrected chi connectivity index (χ0v) is 12.3. The number of benzene rings is 1. The van der Waals surface area contributed by atoms with Crippen LogP contribution in [0.15, 0.2) is 24.3 Å². The molecule has 0 bridgehead atoms. The fourth-order valence-corrected chi connectivity index (χ4v) is 3.44. The van der Waals surface area contributed by atoms with E-state index in [0.717, 1.165) is 32.1 Å². The maximum atomic E-state index is 12.8. The van der Waals surface area contributed by atoms with Crippen LogP contribution in [0.4, 0.5) is 16.2 Å². The van der Waals surface area contributed by atoms with Gasteiger partial charge in [-0.2, -0.15) is 0 Å². The van der Waals surface area contributed by atoms with Crippen LogP contribution in [0, 0.1) is 5.92 Å². The molecule has 21 heavy (non-hydrogen) atoms. The standard InChI is InChI=1S/C16H21N3O2/c1-2-11-6-8-16(9-7-11)14(20)19(15(21)18-16)13-5-3-4-12(17)10-13/h3-5,10-11H,2,6-9,17H2,1H3,(H,18,21). The van der Waals surface area contributed by atoms with Gasteiger partial charge in [-0.15, -0.1) is 0 Å². The summed E-state index contributed by atoms with van der Waals surface area (Å²) < 4.78 is 0. The molecule has 1 aliphatic heterocycles. The number of carbonyl (C=O) groups excluding carboxylic acids is 2. The third-order valence-electron chi connectivity index (χ3n) is 4.83. The minimum Gasteiger partial charge on any atom is -0.399 e. The third-order valence-corrected chi connectivity index (χ3v) is 4.83. The second-order valence-electron chi connectivity index (χ2n) is 6.10. The monoisotopic (exact) mass is 287 g/mol. The molecule has 1 aliphatic carbocycles. The zero-order chi connectivity index (χ0) is 15.0. The van der Waals surface area contributed by atoms with Gasteiger partial charge in [0.1, 0.15) is 5.54 Å². The molecule has 5 nitrogen and oxygen atoms in total. The lowest BCUT2D eigenvalue weighted by Crippen LogP contribution is -2.49. The van der Waals surface area contributed by atoms with Gasteiger partial charge in [0.05, 0.1) is 5.69 Å². The van der Waals surface area contributed by atoms with Crippen LogP contribution in [0.5, 0.6) is 0 Å². The summed E-state index contributed by atoms with van der Waals surface area (Å²) in [6.45, 7) is 2.18. The lowest BCUT2D eigenvalue weighted by molar-refractivity contribution is -0.123. The number of nitrogens with two attached hydrogens (primary N) is 1. The molecule has 1 saturated carbocycles. The molecule has 2 aliphatic rings. The van der Waals surface area contributed by atoms with Gasteiger partial charge < -0.3 is 11.1 Å². The highest BCUT2D eigenvalue weighted by Crippen LogP contribution is 2.39. The van der Waals surface area contributed by atoms with Gasteiger partial charge in [0.2, 0.25) is 0 Å². The highest BCUT2D eigenvalue weighted by molar-refractivity contribution is 6.23. The van der Waals surface area contributed by atoms with Crippen molar-refractivity contribution in [2.75, 3.05) is 10.6 Å². The van der Waals surface area contributed by atoms with Gasteiger partial charge in [0, 0.05) is 5.69 Å². The Hall–Kier alpha value is -2.04. The molecule has 0 atom stereocenters. The first kappa shape index (κ1) is 13.9. The van der Waals surface area contributed by atoms with Crippen LogP contribution in [-0.2, 0) is 4.79 Å². The fourth-order valence-electron chi connectivity index (χ4n) is 3.44. The molecule has 1 heterocycles. The molecule has 112 valence electrons. The molecular formula is C16H21N3O2. The molecule has 1 saturated heterocycles. The number of nitrogens with one attached hydrogen (secondary N) is 1. The Labute approximate surface area is 124 Å². The molecule has 0 radical (unpaired) electrons. The number of hydrogen-bond donors (Lipinski definition) is 2. The molecule has 1 aromatic rings. The molecule has 1 aromatic carbocycles. The van der Waals surface area contributed by atoms with Crippen LogP contribution in [0.3, 0.4) is 0 Å². The SMILES string of the molecule is CCC1CCC2(CC1)NC(=O)N(c1cccc(N)c1)C2=O. The molecule has 3 amide bonds. The van der Waals surface area contributed by atoms with E-state index in [2.05, 4.69) is 12.2 Å². The lowest BCUT2D eigenvalue weighted by Gasteiger charge is -2.34. The van der Waals surface area contributed by atoms with E-state index >= 15 is 0 Å². The van der Waals surface area contributed by atoms with Crippen molar-refractivity contribution in [1.82, 2.24) is 5.32 Å². The quantitative estimate of drug-likeness (QED) is 0.648. The summed E-state index contributed by atoms with van der Waals surface area (Å²) in [6.07, 6.45) is 4.58. The maximum Gasteiger partial charge on any atom is 0.329 e. The maximum absolute atomic E-state index is 12.8. The van der Waals surface area contributed by atoms with Crippen LogP contribution in [0.25, 0.3) is 0 Å². The topological polar surface area (TPSA) is 75.4 Å². The Kier molecular flexibility index (Phi) is 3.35. The number of urea groups is 1. The van der Waals surface area contributed by atoms with Crippen molar-refractivity contribution in [3.05, 3.63) is 24.3 Å². The van der Waals surface area contributed by atoms with Crippen molar-refractivity contribution in [2.45, 2.75) is 44.6 Å². The number of hydrogen-bond acceptors (Lipinski definition) is 3. The van der Waals surface area contributed by atoms with Gasteiger partial charge >= 0.3 is 6.03 Å². The van der Waals surface area contributed by atoms with E-state index in [1.807, 2.05) is 0 Å². The van der Waals surface area contributed by atoms with Crippen molar-refractivity contribution in [3.63, 3.8) is 0 Å². The summed E-state index contributed by atoms with van der Waals surface area (Å²) in [6, 6.07) is 6.56. The number of anilines is 2. The lowest BCUT2D eigenvalue weighted by atomic mass is 9.75. The van der Waals surface area contributed by atoms with E-state index in [9.17, 15) is 9.59 Å². The number of rotatable bonds is 2. The summed E-state index contributed by atoms with van der Waals surface area (Å²) >= 11 is 0. The van der Waals surface area contributed by atoms with E-state index in [1.165, 1.54) is 4.90 Å². The molecule has 0 aromatic heterocycles. The van der Waals surface area contributed by atoms with Gasteiger partial charge in [-0.3, -0.25) is 4.79 Å². The van der Waals surface area contributed by atoms with Crippen LogP contribution < -0.4 is 16.0 Å². The highest BCUT2D eigenvalue weighted by atomic mass is 16.2. The largest absolute Gasteiger partial charge is 0.399 e. The summed E-state index contributed by atoms with van der Waals surface area (Å²) in [5, 5.41) is 2.93. The predicted molar refractivity (Wildman–Crippen MR) is 81.9 cm³/mol. The summed E-state index contributed by atoms with van der Waals surface area (Å²) in [4.78, 5) is 26.3. The van der Waals surface area contributed by atoms with E-state index in [1.54, 1.807) is 24.3 Å². The Morgan fingerprint density at radius 1 is 1.33 bits per heavy atom. The third kappa shape index (κ3) is 2.26. The van der Waals surface area contributed by atoms with Crippen molar-refractivity contribution in [2.24, 2.45) is 5.92 Å². The molecule has 0 unspecified atom stereocenters. The second-order valence-corrected chi connectivity index (χ2v) is 6.10. The van der Waals surface area contributed by atoms with Crippen molar-refractivity contribution in [3.8, 4) is 0 Å². The van der Waals surface area contributed by atoms with Crippen LogP contribution in [0.2, 0.25) is 0 Å². The number of imide groups is 1. The van der Waals surface area contributed by atoms with E-state index in [4.69, 9.17) is 5.73 Å². The van der Waals surface area contributed by atoms with Crippen LogP contribution in [-0.4, -0.2) is 17.5 Å². The average molecular weight is 287 g/mol. The van der Waals surface area contributed by atoms with Gasteiger partial charge in [-0.05, 0) is 49.8 Å². The van der Waals surface area contributed by atoms with Crippen LogP contribution >= 0.6 is 0 Å². The van der Waals surface area contributed by atoms with Gasteiger partial charge in [0.25, 0.3) is 5.91 Å². The van der Waals surface area contributed by atoms with Gasteiger partial charge in [-0.1, -0.05) is 19.4 Å². The molecule has 3 rings (SSSR count). The Morgan fingerprint density at radius 3 is 2.67 bits per heavy atom. The highest BCUT2D eigenvalue weighted by Gasteiger charge is 2.52. The smallest absolute Gasteiger partial charge is 0.329 e.